The first-order valence-corrected chi connectivity index (χ1v) is 4.64. The van der Waals surface area contributed by atoms with Crippen LogP contribution in [0.1, 0.15) is 20.8 Å². The van der Waals surface area contributed by atoms with Crippen LogP contribution >= 0.6 is 0 Å². The lowest BCUT2D eigenvalue weighted by Gasteiger charge is -2.18. The van der Waals surface area contributed by atoms with Gasteiger partial charge in [-0.3, -0.25) is 9.59 Å². The SMILES string of the molecule is CC(C)(C)N/C=C(/C#N)C(=O)NCC(=O)O. The zero-order valence-corrected chi connectivity index (χ0v) is 9.50. The number of nitrogens with one attached hydrogen (secondary N) is 2. The number of hydrogen-bond donors (Lipinski definition) is 3. The molecule has 0 fully saturated rings. The number of carbonyl (C=O) groups is 2. The molecule has 0 bridgehead atoms. The number of aliphatic carboxylic acids is 1. The van der Waals surface area contributed by atoms with Crippen LogP contribution in [0.5, 0.6) is 0 Å². The molecule has 6 heteroatoms. The van der Waals surface area contributed by atoms with Crippen molar-refractivity contribution < 1.29 is 14.7 Å². The van der Waals surface area contributed by atoms with Crippen LogP contribution in [0.25, 0.3) is 0 Å². The zero-order chi connectivity index (χ0) is 12.8. The quantitative estimate of drug-likeness (QED) is 0.461. The van der Waals surface area contributed by atoms with Gasteiger partial charge in [-0.05, 0) is 20.8 Å². The summed E-state index contributed by atoms with van der Waals surface area (Å²) in [5.74, 6) is -1.86. The summed E-state index contributed by atoms with van der Waals surface area (Å²) in [6, 6.07) is 1.69. The lowest BCUT2D eigenvalue weighted by atomic mass is 10.1. The van der Waals surface area contributed by atoms with Crippen LogP contribution in [0.4, 0.5) is 0 Å². The van der Waals surface area contributed by atoms with Gasteiger partial charge in [0.15, 0.2) is 0 Å². The second-order valence-electron chi connectivity index (χ2n) is 4.14. The van der Waals surface area contributed by atoms with Crippen LogP contribution < -0.4 is 10.6 Å². The molecular weight excluding hydrogens is 210 g/mol. The van der Waals surface area contributed by atoms with Crippen LogP contribution in [0, 0.1) is 11.3 Å². The summed E-state index contributed by atoms with van der Waals surface area (Å²) in [5.41, 5.74) is -0.425. The van der Waals surface area contributed by atoms with Crippen molar-refractivity contribution in [1.82, 2.24) is 10.6 Å². The first-order valence-electron chi connectivity index (χ1n) is 4.64. The van der Waals surface area contributed by atoms with Gasteiger partial charge in [0.1, 0.15) is 18.2 Å². The number of nitrogens with zero attached hydrogens (tertiary/aromatic N) is 1. The maximum atomic E-state index is 11.3. The molecule has 1 amide bonds. The summed E-state index contributed by atoms with van der Waals surface area (Å²) in [6.45, 7) is 5.10. The fourth-order valence-corrected chi connectivity index (χ4v) is 0.688. The highest BCUT2D eigenvalue weighted by Gasteiger charge is 2.12. The van der Waals surface area contributed by atoms with Crippen molar-refractivity contribution in [3.05, 3.63) is 11.8 Å². The van der Waals surface area contributed by atoms with Gasteiger partial charge in [0.2, 0.25) is 0 Å². The molecule has 0 aliphatic heterocycles. The summed E-state index contributed by atoms with van der Waals surface area (Å²) in [6.07, 6.45) is 1.27. The van der Waals surface area contributed by atoms with E-state index in [1.54, 1.807) is 6.07 Å². The Morgan fingerprint density at radius 2 is 2.00 bits per heavy atom. The third kappa shape index (κ3) is 6.43. The maximum absolute atomic E-state index is 11.3. The molecule has 6 nitrogen and oxygen atoms in total. The fourth-order valence-electron chi connectivity index (χ4n) is 0.688. The first kappa shape index (κ1) is 14.0. The van der Waals surface area contributed by atoms with Gasteiger partial charge in [-0.15, -0.1) is 0 Å². The Kier molecular flexibility index (Phi) is 5.02. The number of rotatable bonds is 4. The predicted octanol–water partition coefficient (Wildman–Crippen LogP) is -0.0172. The Hall–Kier alpha value is -2.03. The van der Waals surface area contributed by atoms with Gasteiger partial charge < -0.3 is 15.7 Å². The van der Waals surface area contributed by atoms with Gasteiger partial charge in [-0.2, -0.15) is 5.26 Å². The number of hydrogen-bond acceptors (Lipinski definition) is 4. The van der Waals surface area contributed by atoms with Gasteiger partial charge >= 0.3 is 5.97 Å². The summed E-state index contributed by atoms with van der Waals surface area (Å²) in [4.78, 5) is 21.5. The lowest BCUT2D eigenvalue weighted by Crippen LogP contribution is -2.34. The van der Waals surface area contributed by atoms with Crippen LogP contribution in [0.2, 0.25) is 0 Å². The molecule has 0 aromatic heterocycles. The summed E-state index contributed by atoms with van der Waals surface area (Å²) >= 11 is 0. The minimum atomic E-state index is -1.16. The van der Waals surface area contributed by atoms with Crippen LogP contribution in [-0.2, 0) is 9.59 Å². The van der Waals surface area contributed by atoms with Crippen LogP contribution in [-0.4, -0.2) is 29.1 Å². The summed E-state index contributed by atoms with van der Waals surface area (Å²) in [5, 5.41) is 22.0. The van der Waals surface area contributed by atoms with Crippen LogP contribution in [0.15, 0.2) is 11.8 Å². The van der Waals surface area contributed by atoms with Crippen molar-refractivity contribution in [2.75, 3.05) is 6.54 Å². The van der Waals surface area contributed by atoms with Gasteiger partial charge in [0.05, 0.1) is 0 Å². The molecule has 3 N–H and O–H groups in total. The number of amides is 1. The third-order valence-electron chi connectivity index (χ3n) is 1.41. The molecule has 0 spiro atoms. The van der Waals surface area contributed by atoms with E-state index in [4.69, 9.17) is 10.4 Å². The molecule has 0 aromatic carbocycles. The number of carbonyl (C=O) groups excluding carboxylic acids is 1. The second-order valence-corrected chi connectivity index (χ2v) is 4.14. The van der Waals surface area contributed by atoms with Crippen molar-refractivity contribution in [3.63, 3.8) is 0 Å². The van der Waals surface area contributed by atoms with E-state index in [1.807, 2.05) is 20.8 Å². The van der Waals surface area contributed by atoms with Crippen molar-refractivity contribution >= 4 is 11.9 Å². The van der Waals surface area contributed by atoms with E-state index in [2.05, 4.69) is 10.6 Å². The van der Waals surface area contributed by atoms with E-state index >= 15 is 0 Å². The molecule has 16 heavy (non-hydrogen) atoms. The van der Waals surface area contributed by atoms with Gasteiger partial charge in [0.25, 0.3) is 5.91 Å². The molecule has 0 unspecified atom stereocenters. The highest BCUT2D eigenvalue weighted by Crippen LogP contribution is 2.00. The number of carboxylic acids is 1. The molecule has 0 aliphatic rings. The molecule has 0 saturated carbocycles. The number of carboxylic acid groups (broad SMARTS) is 1. The van der Waals surface area contributed by atoms with Crippen molar-refractivity contribution in [2.45, 2.75) is 26.3 Å². The molecule has 88 valence electrons. The average Bonchev–Trinajstić information content (AvgIpc) is 2.13. The fraction of sp³-hybridized carbons (Fsp3) is 0.500. The molecule has 0 heterocycles. The first-order chi connectivity index (χ1) is 7.26. The maximum Gasteiger partial charge on any atom is 0.322 e. The lowest BCUT2D eigenvalue weighted by molar-refractivity contribution is -0.137. The monoisotopic (exact) mass is 225 g/mol. The minimum absolute atomic E-state index is 0.156. The topological polar surface area (TPSA) is 102 Å². The van der Waals surface area contributed by atoms with Crippen molar-refractivity contribution in [1.29, 1.82) is 5.26 Å². The van der Waals surface area contributed by atoms with Gasteiger partial charge in [0, 0.05) is 11.7 Å². The largest absolute Gasteiger partial charge is 0.480 e. The molecular formula is C10H15N3O3. The Morgan fingerprint density at radius 3 is 2.38 bits per heavy atom. The van der Waals surface area contributed by atoms with E-state index in [0.717, 1.165) is 0 Å². The molecule has 0 atom stereocenters. The standard InChI is InChI=1S/C10H15N3O3/c1-10(2,3)13-5-7(4-11)9(16)12-6-8(14)15/h5,13H,6H2,1-3H3,(H,12,16)(H,14,15)/b7-5-. The Morgan fingerprint density at radius 1 is 1.44 bits per heavy atom. The predicted molar refractivity (Wildman–Crippen MR) is 57.2 cm³/mol. The zero-order valence-electron chi connectivity index (χ0n) is 9.50. The second kappa shape index (κ2) is 5.75. The van der Waals surface area contributed by atoms with Crippen molar-refractivity contribution in [3.8, 4) is 6.07 Å². The highest BCUT2D eigenvalue weighted by atomic mass is 16.4. The Balaban J connectivity index is 4.45. The van der Waals surface area contributed by atoms with Gasteiger partial charge in [-0.25, -0.2) is 0 Å². The van der Waals surface area contributed by atoms with E-state index in [-0.39, 0.29) is 11.1 Å². The van der Waals surface area contributed by atoms with Gasteiger partial charge in [-0.1, -0.05) is 0 Å². The van der Waals surface area contributed by atoms with Crippen LogP contribution in [0.3, 0.4) is 0 Å². The molecule has 0 aromatic rings. The minimum Gasteiger partial charge on any atom is -0.480 e. The van der Waals surface area contributed by atoms with E-state index in [1.165, 1.54) is 6.20 Å². The van der Waals surface area contributed by atoms with Crippen molar-refractivity contribution in [2.24, 2.45) is 0 Å². The Labute approximate surface area is 93.9 Å². The Bertz CT molecular complexity index is 347. The average molecular weight is 225 g/mol. The summed E-state index contributed by atoms with van der Waals surface area (Å²) < 4.78 is 0. The van der Waals surface area contributed by atoms with E-state index in [9.17, 15) is 9.59 Å². The van der Waals surface area contributed by atoms with E-state index in [0.29, 0.717) is 0 Å². The molecule has 0 saturated heterocycles. The molecule has 0 radical (unpaired) electrons. The normalized spacial score (nSPS) is 11.5. The molecule has 0 aliphatic carbocycles. The smallest absolute Gasteiger partial charge is 0.322 e. The number of nitriles is 1. The molecule has 0 rings (SSSR count). The summed E-state index contributed by atoms with van der Waals surface area (Å²) in [7, 11) is 0. The third-order valence-corrected chi connectivity index (χ3v) is 1.41. The van der Waals surface area contributed by atoms with E-state index < -0.39 is 18.4 Å². The highest BCUT2D eigenvalue weighted by molar-refractivity contribution is 5.98.